The fourth-order valence-electron chi connectivity index (χ4n) is 2.66. The topological polar surface area (TPSA) is 34.1 Å². The number of Topliss-reactive ketones (excluding diaryl/α,β-unsaturated/α-hetero) is 2. The fraction of sp³-hybridized carbons (Fsp3) is 0.818. The Balaban J connectivity index is 1.91. The third kappa shape index (κ3) is 2.08. The summed E-state index contributed by atoms with van der Waals surface area (Å²) in [5, 5.41) is 0. The molecule has 78 valence electrons. The number of rotatable bonds is 1. The van der Waals surface area contributed by atoms with Gasteiger partial charge in [-0.05, 0) is 37.5 Å². The SMILES string of the molecule is O=C1CC(C2CCC(Br)CC2)CC1=O. The van der Waals surface area contributed by atoms with Gasteiger partial charge in [-0.25, -0.2) is 0 Å². The number of ketones is 2. The number of alkyl halides is 1. The van der Waals surface area contributed by atoms with Crippen LogP contribution in [-0.4, -0.2) is 16.4 Å². The van der Waals surface area contributed by atoms with E-state index in [-0.39, 0.29) is 11.6 Å². The summed E-state index contributed by atoms with van der Waals surface area (Å²) in [6.45, 7) is 0. The van der Waals surface area contributed by atoms with E-state index in [9.17, 15) is 9.59 Å². The zero-order valence-corrected chi connectivity index (χ0v) is 9.76. The van der Waals surface area contributed by atoms with E-state index in [0.717, 1.165) is 0 Å². The molecule has 0 aromatic heterocycles. The molecule has 0 aromatic carbocycles. The summed E-state index contributed by atoms with van der Waals surface area (Å²) in [5.74, 6) is 0.737. The van der Waals surface area contributed by atoms with E-state index in [0.29, 0.717) is 29.5 Å². The van der Waals surface area contributed by atoms with Crippen molar-refractivity contribution < 1.29 is 9.59 Å². The second kappa shape index (κ2) is 4.13. The molecule has 0 aliphatic heterocycles. The standard InChI is InChI=1S/C11H15BrO2/c12-9-3-1-7(2-4-9)8-5-10(13)11(14)6-8/h7-9H,1-6H2. The van der Waals surface area contributed by atoms with Crippen molar-refractivity contribution in [1.29, 1.82) is 0 Å². The monoisotopic (exact) mass is 258 g/mol. The summed E-state index contributed by atoms with van der Waals surface area (Å²) >= 11 is 3.61. The highest BCUT2D eigenvalue weighted by atomic mass is 79.9. The fourth-order valence-corrected chi connectivity index (χ4v) is 3.19. The first-order chi connectivity index (χ1) is 6.66. The van der Waals surface area contributed by atoms with Gasteiger partial charge in [-0.15, -0.1) is 0 Å². The van der Waals surface area contributed by atoms with Gasteiger partial charge in [0.2, 0.25) is 0 Å². The summed E-state index contributed by atoms with van der Waals surface area (Å²) in [5.41, 5.74) is 0. The molecule has 2 aliphatic rings. The van der Waals surface area contributed by atoms with Crippen molar-refractivity contribution in [3.8, 4) is 0 Å². The Morgan fingerprint density at radius 1 is 0.857 bits per heavy atom. The number of halogens is 1. The van der Waals surface area contributed by atoms with Gasteiger partial charge in [-0.1, -0.05) is 15.9 Å². The van der Waals surface area contributed by atoms with Crippen molar-refractivity contribution in [3.63, 3.8) is 0 Å². The van der Waals surface area contributed by atoms with Gasteiger partial charge in [-0.3, -0.25) is 9.59 Å². The maximum Gasteiger partial charge on any atom is 0.198 e. The molecule has 0 atom stereocenters. The zero-order valence-electron chi connectivity index (χ0n) is 8.17. The highest BCUT2D eigenvalue weighted by Gasteiger charge is 2.36. The average Bonchev–Trinajstić information content (AvgIpc) is 2.48. The Labute approximate surface area is 92.6 Å². The van der Waals surface area contributed by atoms with Crippen molar-refractivity contribution in [1.82, 2.24) is 0 Å². The zero-order chi connectivity index (χ0) is 10.1. The quantitative estimate of drug-likeness (QED) is 0.535. The lowest BCUT2D eigenvalue weighted by Crippen LogP contribution is -2.20. The summed E-state index contributed by atoms with van der Waals surface area (Å²) in [6, 6.07) is 0. The smallest absolute Gasteiger partial charge is 0.198 e. The summed E-state index contributed by atoms with van der Waals surface area (Å²) in [6.07, 6.45) is 5.81. The molecule has 0 unspecified atom stereocenters. The molecule has 0 radical (unpaired) electrons. The number of carbonyl (C=O) groups excluding carboxylic acids is 2. The molecule has 14 heavy (non-hydrogen) atoms. The van der Waals surface area contributed by atoms with Crippen LogP contribution in [0.3, 0.4) is 0 Å². The van der Waals surface area contributed by atoms with E-state index in [1.807, 2.05) is 0 Å². The molecule has 2 nitrogen and oxygen atoms in total. The first kappa shape index (κ1) is 10.3. The van der Waals surface area contributed by atoms with Crippen LogP contribution >= 0.6 is 15.9 Å². The van der Waals surface area contributed by atoms with E-state index in [2.05, 4.69) is 15.9 Å². The molecule has 0 bridgehead atoms. The minimum Gasteiger partial charge on any atom is -0.291 e. The largest absolute Gasteiger partial charge is 0.291 e. The van der Waals surface area contributed by atoms with Crippen LogP contribution in [0, 0.1) is 11.8 Å². The van der Waals surface area contributed by atoms with Gasteiger partial charge in [0.1, 0.15) is 0 Å². The van der Waals surface area contributed by atoms with Crippen LogP contribution in [0.25, 0.3) is 0 Å². The maximum absolute atomic E-state index is 11.1. The van der Waals surface area contributed by atoms with Crippen LogP contribution in [0.15, 0.2) is 0 Å². The lowest BCUT2D eigenvalue weighted by atomic mass is 9.79. The van der Waals surface area contributed by atoms with Crippen LogP contribution in [0.5, 0.6) is 0 Å². The van der Waals surface area contributed by atoms with Gasteiger partial charge in [0.05, 0.1) is 0 Å². The van der Waals surface area contributed by atoms with Gasteiger partial charge in [0, 0.05) is 17.7 Å². The van der Waals surface area contributed by atoms with Crippen LogP contribution in [0.2, 0.25) is 0 Å². The van der Waals surface area contributed by atoms with Gasteiger partial charge in [0.15, 0.2) is 11.6 Å². The van der Waals surface area contributed by atoms with Gasteiger partial charge < -0.3 is 0 Å². The van der Waals surface area contributed by atoms with Gasteiger partial charge in [0.25, 0.3) is 0 Å². The number of hydrogen-bond acceptors (Lipinski definition) is 2. The average molecular weight is 259 g/mol. The molecule has 0 aromatic rings. The van der Waals surface area contributed by atoms with Crippen molar-refractivity contribution >= 4 is 27.5 Å². The molecule has 0 spiro atoms. The highest BCUT2D eigenvalue weighted by Crippen LogP contribution is 2.38. The molecule has 2 aliphatic carbocycles. The third-order valence-electron chi connectivity index (χ3n) is 3.57. The first-order valence-corrected chi connectivity index (χ1v) is 6.28. The van der Waals surface area contributed by atoms with E-state index in [1.165, 1.54) is 25.7 Å². The predicted molar refractivity (Wildman–Crippen MR) is 57.4 cm³/mol. The lowest BCUT2D eigenvalue weighted by molar-refractivity contribution is -0.134. The van der Waals surface area contributed by atoms with Crippen molar-refractivity contribution in [2.24, 2.45) is 11.8 Å². The number of carbonyl (C=O) groups is 2. The summed E-state index contributed by atoms with van der Waals surface area (Å²) in [4.78, 5) is 22.9. The Bertz CT molecular complexity index is 238. The van der Waals surface area contributed by atoms with E-state index in [1.54, 1.807) is 0 Å². The molecule has 0 amide bonds. The van der Waals surface area contributed by atoms with Gasteiger partial charge in [-0.2, -0.15) is 0 Å². The van der Waals surface area contributed by atoms with E-state index in [4.69, 9.17) is 0 Å². The minimum atomic E-state index is -0.129. The predicted octanol–water partition coefficient (Wildman–Crippen LogP) is 2.49. The van der Waals surface area contributed by atoms with E-state index >= 15 is 0 Å². The molecule has 0 N–H and O–H groups in total. The molecule has 0 heterocycles. The second-order valence-corrected chi connectivity index (χ2v) is 5.82. The number of hydrogen-bond donors (Lipinski definition) is 0. The molecular weight excluding hydrogens is 244 g/mol. The Morgan fingerprint density at radius 2 is 1.36 bits per heavy atom. The normalized spacial score (nSPS) is 35.2. The molecule has 2 rings (SSSR count). The maximum atomic E-state index is 11.1. The molecule has 3 heteroatoms. The second-order valence-electron chi connectivity index (χ2n) is 4.53. The van der Waals surface area contributed by atoms with Crippen LogP contribution < -0.4 is 0 Å². The van der Waals surface area contributed by atoms with Crippen LogP contribution in [0.1, 0.15) is 38.5 Å². The highest BCUT2D eigenvalue weighted by molar-refractivity contribution is 9.09. The van der Waals surface area contributed by atoms with Crippen LogP contribution in [-0.2, 0) is 9.59 Å². The Kier molecular flexibility index (Phi) is 3.05. The Hall–Kier alpha value is -0.180. The Morgan fingerprint density at radius 3 is 1.86 bits per heavy atom. The van der Waals surface area contributed by atoms with Crippen molar-refractivity contribution in [2.75, 3.05) is 0 Å². The molecule has 2 saturated carbocycles. The molecular formula is C11H15BrO2. The van der Waals surface area contributed by atoms with E-state index < -0.39 is 0 Å². The summed E-state index contributed by atoms with van der Waals surface area (Å²) in [7, 11) is 0. The third-order valence-corrected chi connectivity index (χ3v) is 4.49. The van der Waals surface area contributed by atoms with Gasteiger partial charge >= 0.3 is 0 Å². The van der Waals surface area contributed by atoms with Crippen molar-refractivity contribution in [2.45, 2.75) is 43.4 Å². The summed E-state index contributed by atoms with van der Waals surface area (Å²) < 4.78 is 0. The lowest BCUT2D eigenvalue weighted by Gasteiger charge is -2.28. The molecule has 2 fully saturated rings. The van der Waals surface area contributed by atoms with Crippen molar-refractivity contribution in [3.05, 3.63) is 0 Å². The van der Waals surface area contributed by atoms with Crippen LogP contribution in [0.4, 0.5) is 0 Å². The molecule has 0 saturated heterocycles. The minimum absolute atomic E-state index is 0.129. The first-order valence-electron chi connectivity index (χ1n) is 5.37.